The van der Waals surface area contributed by atoms with Crippen LogP contribution in [0.3, 0.4) is 0 Å². The summed E-state index contributed by atoms with van der Waals surface area (Å²) in [5, 5.41) is 6.72. The molecule has 0 bridgehead atoms. The Hall–Kier alpha value is -6.58. The van der Waals surface area contributed by atoms with E-state index in [1.54, 1.807) is 0 Å². The second-order valence-electron chi connectivity index (χ2n) is 14.4. The highest BCUT2D eigenvalue weighted by atomic mass is 16.3. The van der Waals surface area contributed by atoms with Crippen LogP contribution in [0, 0.1) is 0 Å². The van der Waals surface area contributed by atoms with Gasteiger partial charge in [0.2, 0.25) is 0 Å². The van der Waals surface area contributed by atoms with E-state index in [-0.39, 0.29) is 5.41 Å². The van der Waals surface area contributed by atoms with E-state index in [0.717, 1.165) is 77.5 Å². The Bertz CT molecular complexity index is 3070. The lowest BCUT2D eigenvalue weighted by atomic mass is 9.81. The maximum atomic E-state index is 6.69. The maximum absolute atomic E-state index is 6.69. The third-order valence-corrected chi connectivity index (χ3v) is 11.2. The van der Waals surface area contributed by atoms with Crippen molar-refractivity contribution in [3.63, 3.8) is 0 Å². The van der Waals surface area contributed by atoms with Gasteiger partial charge < -0.3 is 13.7 Å². The van der Waals surface area contributed by atoms with Crippen molar-refractivity contribution in [3.8, 4) is 22.3 Å². The lowest BCUT2D eigenvalue weighted by molar-refractivity contribution is 0.661. The van der Waals surface area contributed by atoms with Crippen LogP contribution in [0.5, 0.6) is 0 Å². The Labute approximate surface area is 301 Å². The van der Waals surface area contributed by atoms with Crippen molar-refractivity contribution in [1.82, 2.24) is 0 Å². The van der Waals surface area contributed by atoms with Crippen LogP contribution in [0.15, 0.2) is 173 Å². The largest absolute Gasteiger partial charge is 0.456 e. The van der Waals surface area contributed by atoms with E-state index in [2.05, 4.69) is 176 Å². The molecule has 0 spiro atoms. The van der Waals surface area contributed by atoms with Crippen molar-refractivity contribution < 1.29 is 8.83 Å². The van der Waals surface area contributed by atoms with Crippen molar-refractivity contribution >= 4 is 71.7 Å². The van der Waals surface area contributed by atoms with Crippen LogP contribution in [0.25, 0.3) is 76.9 Å². The summed E-state index contributed by atoms with van der Waals surface area (Å²) >= 11 is 0. The summed E-state index contributed by atoms with van der Waals surface area (Å²) < 4.78 is 13.2. The third kappa shape index (κ3) is 3.96. The summed E-state index contributed by atoms with van der Waals surface area (Å²) in [4.78, 5) is 2.49. The molecule has 0 aliphatic heterocycles. The Morgan fingerprint density at radius 3 is 1.92 bits per heavy atom. The lowest BCUT2D eigenvalue weighted by Gasteiger charge is -2.33. The normalized spacial score (nSPS) is 13.3. The van der Waals surface area contributed by atoms with Crippen molar-refractivity contribution in [2.75, 3.05) is 4.90 Å². The van der Waals surface area contributed by atoms with Crippen molar-refractivity contribution in [2.45, 2.75) is 19.3 Å². The number of furan rings is 2. The van der Waals surface area contributed by atoms with Gasteiger partial charge in [0, 0.05) is 32.5 Å². The molecule has 0 amide bonds. The summed E-state index contributed by atoms with van der Waals surface area (Å²) in [6.45, 7) is 4.73. The van der Waals surface area contributed by atoms with Crippen LogP contribution < -0.4 is 4.90 Å². The van der Waals surface area contributed by atoms with Gasteiger partial charge in [-0.3, -0.25) is 0 Å². The number of fused-ring (bicyclic) bond motifs is 11. The fourth-order valence-corrected chi connectivity index (χ4v) is 9.01. The van der Waals surface area contributed by atoms with Gasteiger partial charge in [-0.05, 0) is 75.7 Å². The first kappa shape index (κ1) is 29.2. The molecule has 0 radical (unpaired) electrons. The molecule has 10 aromatic rings. The molecule has 0 atom stereocenters. The van der Waals surface area contributed by atoms with Gasteiger partial charge >= 0.3 is 0 Å². The van der Waals surface area contributed by atoms with Crippen molar-refractivity contribution in [1.29, 1.82) is 0 Å². The van der Waals surface area contributed by atoms with Crippen LogP contribution in [0.1, 0.15) is 25.0 Å². The topological polar surface area (TPSA) is 29.5 Å². The number of rotatable bonds is 4. The van der Waals surface area contributed by atoms with Gasteiger partial charge in [-0.25, -0.2) is 0 Å². The zero-order valence-electron chi connectivity index (χ0n) is 28.9. The molecule has 8 aromatic carbocycles. The maximum Gasteiger partial charge on any atom is 0.143 e. The van der Waals surface area contributed by atoms with Crippen molar-refractivity contribution in [2.24, 2.45) is 0 Å². The zero-order valence-corrected chi connectivity index (χ0v) is 28.9. The Balaban J connectivity index is 1.25. The van der Waals surface area contributed by atoms with Gasteiger partial charge in [0.15, 0.2) is 0 Å². The van der Waals surface area contributed by atoms with E-state index in [4.69, 9.17) is 8.83 Å². The third-order valence-electron chi connectivity index (χ3n) is 11.2. The molecule has 3 nitrogen and oxygen atoms in total. The number of nitrogens with zero attached hydrogens (tertiary/aromatic N) is 1. The van der Waals surface area contributed by atoms with E-state index < -0.39 is 0 Å². The number of hydrogen-bond donors (Lipinski definition) is 0. The Kier molecular flexibility index (Phi) is 6.01. The molecule has 52 heavy (non-hydrogen) atoms. The van der Waals surface area contributed by atoms with Crippen LogP contribution in [-0.4, -0.2) is 0 Å². The molecule has 0 unspecified atom stereocenters. The average Bonchev–Trinajstić information content (AvgIpc) is 3.84. The summed E-state index contributed by atoms with van der Waals surface area (Å²) in [5.41, 5.74) is 14.1. The second kappa shape index (κ2) is 10.7. The highest BCUT2D eigenvalue weighted by Crippen LogP contribution is 2.56. The van der Waals surface area contributed by atoms with E-state index in [0.29, 0.717) is 0 Å². The summed E-state index contributed by atoms with van der Waals surface area (Å²) in [6.07, 6.45) is 0. The Morgan fingerprint density at radius 1 is 0.404 bits per heavy atom. The first-order valence-corrected chi connectivity index (χ1v) is 17.9. The highest BCUT2D eigenvalue weighted by Gasteiger charge is 2.39. The van der Waals surface area contributed by atoms with Crippen LogP contribution in [0.2, 0.25) is 0 Å². The minimum atomic E-state index is -0.232. The second-order valence-corrected chi connectivity index (χ2v) is 14.4. The quantitative estimate of drug-likeness (QED) is 0.187. The molecule has 0 saturated heterocycles. The average molecular weight is 668 g/mol. The molecule has 0 N–H and O–H groups in total. The monoisotopic (exact) mass is 667 g/mol. The van der Waals surface area contributed by atoms with Gasteiger partial charge in [0.1, 0.15) is 22.3 Å². The van der Waals surface area contributed by atoms with Crippen LogP contribution >= 0.6 is 0 Å². The van der Waals surface area contributed by atoms with E-state index in [9.17, 15) is 0 Å². The zero-order chi connectivity index (χ0) is 34.6. The minimum Gasteiger partial charge on any atom is -0.456 e. The van der Waals surface area contributed by atoms with Crippen molar-refractivity contribution in [3.05, 3.63) is 175 Å². The minimum absolute atomic E-state index is 0.232. The van der Waals surface area contributed by atoms with Crippen LogP contribution in [0.4, 0.5) is 17.1 Å². The molecular formula is C49H33NO2. The molecule has 3 heteroatoms. The molecule has 2 aromatic heterocycles. The summed E-state index contributed by atoms with van der Waals surface area (Å²) in [7, 11) is 0. The smallest absolute Gasteiger partial charge is 0.143 e. The summed E-state index contributed by atoms with van der Waals surface area (Å²) in [5.74, 6) is 0. The van der Waals surface area contributed by atoms with Gasteiger partial charge in [-0.1, -0.05) is 135 Å². The first-order valence-electron chi connectivity index (χ1n) is 17.9. The fraction of sp³-hybridized carbons (Fsp3) is 0.0612. The molecule has 0 fully saturated rings. The standard InChI is InChI=1S/C49H33NO2/c1-49(2)38-21-8-5-16-32(38)35-20-11-24-41(47(35)49)50(40-23-13-27-44-46(40)36-18-7-10-25-42(36)51-44)39-22-9-6-17-33(39)34-19-12-26-43-45(34)37-29-28-30-14-3-4-15-31(30)48(37)52-43/h3-29H,1-2H3. The molecular weight excluding hydrogens is 635 g/mol. The Morgan fingerprint density at radius 2 is 1.02 bits per heavy atom. The van der Waals surface area contributed by atoms with E-state index in [1.807, 2.05) is 6.07 Å². The molecule has 1 aliphatic carbocycles. The fourth-order valence-electron chi connectivity index (χ4n) is 9.01. The predicted molar refractivity (Wildman–Crippen MR) is 216 cm³/mol. The van der Waals surface area contributed by atoms with Gasteiger partial charge in [0.25, 0.3) is 0 Å². The number of para-hydroxylation sites is 2. The van der Waals surface area contributed by atoms with Gasteiger partial charge in [0.05, 0.1) is 22.4 Å². The number of hydrogen-bond acceptors (Lipinski definition) is 3. The molecule has 246 valence electrons. The van der Waals surface area contributed by atoms with Gasteiger partial charge in [-0.15, -0.1) is 0 Å². The number of anilines is 3. The molecule has 11 rings (SSSR count). The molecule has 0 saturated carbocycles. The number of benzene rings is 8. The van der Waals surface area contributed by atoms with Gasteiger partial charge in [-0.2, -0.15) is 0 Å². The SMILES string of the molecule is CC1(C)c2ccccc2-c2cccc(N(c3ccccc3-c3cccc4oc5c6ccccc6ccc5c34)c3cccc4oc5ccccc5c34)c21. The van der Waals surface area contributed by atoms with Crippen LogP contribution in [-0.2, 0) is 5.41 Å². The highest BCUT2D eigenvalue weighted by molar-refractivity contribution is 6.20. The predicted octanol–water partition coefficient (Wildman–Crippen LogP) is 14.1. The molecule has 1 aliphatic rings. The van der Waals surface area contributed by atoms with E-state index >= 15 is 0 Å². The molecule has 2 heterocycles. The lowest BCUT2D eigenvalue weighted by Crippen LogP contribution is -2.21. The summed E-state index contributed by atoms with van der Waals surface area (Å²) in [6, 6.07) is 58.7. The van der Waals surface area contributed by atoms with E-state index in [1.165, 1.54) is 27.6 Å². The first-order chi connectivity index (χ1) is 25.6.